The van der Waals surface area contributed by atoms with Gasteiger partial charge in [0, 0.05) is 24.7 Å². The molecule has 0 aliphatic heterocycles. The van der Waals surface area contributed by atoms with Gasteiger partial charge in [-0.2, -0.15) is 0 Å². The van der Waals surface area contributed by atoms with E-state index in [4.69, 9.17) is 10.8 Å². The molecule has 0 aliphatic carbocycles. The number of aromatic amines is 1. The maximum absolute atomic E-state index is 13.0. The molecule has 9 N–H and O–H groups in total. The summed E-state index contributed by atoms with van der Waals surface area (Å²) >= 11 is 0. The number of aliphatic hydroxyl groups is 1. The summed E-state index contributed by atoms with van der Waals surface area (Å²) in [5.41, 5.74) is 7.15. The smallest absolute Gasteiger partial charge is 0.326 e. The summed E-state index contributed by atoms with van der Waals surface area (Å²) < 4.78 is 0. The average Bonchev–Trinajstić information content (AvgIpc) is 3.37. The second-order valence-electron chi connectivity index (χ2n) is 8.70. The zero-order chi connectivity index (χ0) is 28.2. The molecule has 0 bridgehead atoms. The van der Waals surface area contributed by atoms with E-state index >= 15 is 0 Å². The van der Waals surface area contributed by atoms with E-state index < -0.39 is 66.4 Å². The van der Waals surface area contributed by atoms with Gasteiger partial charge in [0.15, 0.2) is 0 Å². The minimum atomic E-state index is -1.52. The van der Waals surface area contributed by atoms with Gasteiger partial charge in [-0.15, -0.1) is 0 Å². The summed E-state index contributed by atoms with van der Waals surface area (Å²) in [6.07, 6.45) is 0.427. The first-order chi connectivity index (χ1) is 18.0. The molecule has 2 rings (SSSR count). The topological polar surface area (TPSA) is 237 Å². The Labute approximate surface area is 218 Å². The SMILES string of the molecule is CC(O)C(NC(=O)C(N)Cc1ccccc1)C(=O)NC(CCC(=O)O)C(=O)NC(Cc1cnc[nH]1)C(=O)O. The molecular weight excluding hydrogens is 500 g/mol. The first-order valence-corrected chi connectivity index (χ1v) is 11.8. The number of hydrogen-bond acceptors (Lipinski definition) is 8. The van der Waals surface area contributed by atoms with Crippen LogP contribution in [0.2, 0.25) is 0 Å². The van der Waals surface area contributed by atoms with E-state index in [9.17, 15) is 34.2 Å². The molecule has 1 aromatic heterocycles. The summed E-state index contributed by atoms with van der Waals surface area (Å²) in [7, 11) is 0. The van der Waals surface area contributed by atoms with E-state index in [1.54, 1.807) is 30.3 Å². The van der Waals surface area contributed by atoms with Crippen LogP contribution in [0.3, 0.4) is 0 Å². The van der Waals surface area contributed by atoms with Crippen molar-refractivity contribution in [3.63, 3.8) is 0 Å². The standard InChI is InChI=1S/C24H32N6O8/c1-13(31)20(30-21(34)16(25)9-14-5-3-2-4-6-14)23(36)28-17(7-8-19(32)33)22(35)29-18(24(37)38)10-15-11-26-12-27-15/h2-6,11-13,16-18,20,31H,7-10,25H2,1H3,(H,26,27)(H,28,36)(H,29,35)(H,30,34)(H,32,33)(H,37,38). The van der Waals surface area contributed by atoms with Crippen LogP contribution < -0.4 is 21.7 Å². The number of carboxylic acid groups (broad SMARTS) is 2. The first-order valence-electron chi connectivity index (χ1n) is 11.8. The number of nitrogens with two attached hydrogens (primary N) is 1. The number of aliphatic carboxylic acids is 2. The van der Waals surface area contributed by atoms with E-state index in [1.807, 2.05) is 0 Å². The molecule has 5 atom stereocenters. The monoisotopic (exact) mass is 532 g/mol. The second-order valence-corrected chi connectivity index (χ2v) is 8.70. The first kappa shape index (κ1) is 29.9. The highest BCUT2D eigenvalue weighted by atomic mass is 16.4. The van der Waals surface area contributed by atoms with Crippen LogP contribution in [-0.4, -0.2) is 85.2 Å². The van der Waals surface area contributed by atoms with Crippen LogP contribution in [0, 0.1) is 0 Å². The highest BCUT2D eigenvalue weighted by Gasteiger charge is 2.32. The fourth-order valence-corrected chi connectivity index (χ4v) is 3.51. The number of imidazole rings is 1. The van der Waals surface area contributed by atoms with Crippen molar-refractivity contribution >= 4 is 29.7 Å². The normalized spacial score (nSPS) is 14.8. The van der Waals surface area contributed by atoms with Gasteiger partial charge in [0.25, 0.3) is 0 Å². The lowest BCUT2D eigenvalue weighted by Gasteiger charge is -2.26. The molecule has 0 aliphatic rings. The molecule has 206 valence electrons. The van der Waals surface area contributed by atoms with Gasteiger partial charge < -0.3 is 42.0 Å². The van der Waals surface area contributed by atoms with Crippen molar-refractivity contribution < 1.29 is 39.3 Å². The fourth-order valence-electron chi connectivity index (χ4n) is 3.51. The van der Waals surface area contributed by atoms with Gasteiger partial charge in [0.1, 0.15) is 18.1 Å². The summed E-state index contributed by atoms with van der Waals surface area (Å²) in [4.78, 5) is 67.7. The van der Waals surface area contributed by atoms with Gasteiger partial charge >= 0.3 is 11.9 Å². The number of nitrogens with zero attached hydrogens (tertiary/aromatic N) is 1. The third-order valence-corrected chi connectivity index (χ3v) is 5.57. The predicted octanol–water partition coefficient (Wildman–Crippen LogP) is -1.69. The maximum atomic E-state index is 13.0. The molecule has 38 heavy (non-hydrogen) atoms. The molecule has 0 radical (unpaired) electrons. The van der Waals surface area contributed by atoms with Crippen LogP contribution in [0.4, 0.5) is 0 Å². The molecule has 0 saturated heterocycles. The molecule has 14 nitrogen and oxygen atoms in total. The Bertz CT molecular complexity index is 1090. The number of hydrogen-bond donors (Lipinski definition) is 8. The van der Waals surface area contributed by atoms with Crippen molar-refractivity contribution in [1.82, 2.24) is 25.9 Å². The van der Waals surface area contributed by atoms with Crippen molar-refractivity contribution in [3.05, 3.63) is 54.1 Å². The Morgan fingerprint density at radius 1 is 0.947 bits per heavy atom. The van der Waals surface area contributed by atoms with Crippen molar-refractivity contribution in [2.75, 3.05) is 0 Å². The molecule has 1 heterocycles. The van der Waals surface area contributed by atoms with Crippen LogP contribution in [0.5, 0.6) is 0 Å². The summed E-state index contributed by atoms with van der Waals surface area (Å²) in [6.45, 7) is 1.24. The molecule has 2 aromatic rings. The molecule has 3 amide bonds. The van der Waals surface area contributed by atoms with Crippen molar-refractivity contribution in [2.45, 2.75) is 62.9 Å². The van der Waals surface area contributed by atoms with Crippen molar-refractivity contribution in [2.24, 2.45) is 5.73 Å². The summed E-state index contributed by atoms with van der Waals surface area (Å²) in [5.74, 6) is -5.28. The van der Waals surface area contributed by atoms with Crippen LogP contribution in [0.15, 0.2) is 42.9 Å². The Morgan fingerprint density at radius 2 is 1.61 bits per heavy atom. The van der Waals surface area contributed by atoms with Crippen LogP contribution in [0.25, 0.3) is 0 Å². The number of rotatable bonds is 15. The van der Waals surface area contributed by atoms with Crippen LogP contribution in [0.1, 0.15) is 31.0 Å². The lowest BCUT2D eigenvalue weighted by Crippen LogP contribution is -2.60. The number of H-pyrrole nitrogens is 1. The number of aromatic nitrogens is 2. The largest absolute Gasteiger partial charge is 0.481 e. The minimum absolute atomic E-state index is 0.146. The van der Waals surface area contributed by atoms with E-state index in [0.29, 0.717) is 5.69 Å². The highest BCUT2D eigenvalue weighted by molar-refractivity contribution is 5.94. The predicted molar refractivity (Wildman–Crippen MR) is 132 cm³/mol. The Hall–Kier alpha value is -4.30. The zero-order valence-electron chi connectivity index (χ0n) is 20.7. The molecule has 0 spiro atoms. The molecule has 14 heteroatoms. The number of amides is 3. The van der Waals surface area contributed by atoms with Crippen LogP contribution >= 0.6 is 0 Å². The molecular formula is C24H32N6O8. The van der Waals surface area contributed by atoms with Gasteiger partial charge in [0.05, 0.1) is 18.5 Å². The number of aliphatic hydroxyl groups excluding tert-OH is 1. The second kappa shape index (κ2) is 14.4. The van der Waals surface area contributed by atoms with Gasteiger partial charge in [-0.1, -0.05) is 30.3 Å². The van der Waals surface area contributed by atoms with Crippen molar-refractivity contribution in [1.29, 1.82) is 0 Å². The van der Waals surface area contributed by atoms with E-state index in [1.165, 1.54) is 19.4 Å². The third-order valence-electron chi connectivity index (χ3n) is 5.57. The minimum Gasteiger partial charge on any atom is -0.481 e. The van der Waals surface area contributed by atoms with Gasteiger partial charge in [-0.3, -0.25) is 19.2 Å². The third kappa shape index (κ3) is 9.63. The highest BCUT2D eigenvalue weighted by Crippen LogP contribution is 2.06. The molecule has 5 unspecified atom stereocenters. The van der Waals surface area contributed by atoms with Gasteiger partial charge in [0.2, 0.25) is 17.7 Å². The summed E-state index contributed by atoms with van der Waals surface area (Å²) in [5, 5.41) is 35.6. The fraction of sp³-hybridized carbons (Fsp3) is 0.417. The number of carbonyl (C=O) groups excluding carboxylic acids is 3. The molecule has 1 aromatic carbocycles. The molecule has 0 saturated carbocycles. The number of carbonyl (C=O) groups is 5. The average molecular weight is 533 g/mol. The number of carboxylic acids is 2. The summed E-state index contributed by atoms with van der Waals surface area (Å²) in [6, 6.07) is 3.45. The van der Waals surface area contributed by atoms with Crippen LogP contribution in [-0.2, 0) is 36.8 Å². The van der Waals surface area contributed by atoms with Gasteiger partial charge in [-0.25, -0.2) is 9.78 Å². The Balaban J connectivity index is 2.10. The lowest BCUT2D eigenvalue weighted by molar-refractivity contribution is -0.143. The number of benzene rings is 1. The Kier molecular flexibility index (Phi) is 11.4. The number of nitrogens with one attached hydrogen (secondary N) is 4. The lowest BCUT2D eigenvalue weighted by atomic mass is 10.0. The maximum Gasteiger partial charge on any atom is 0.326 e. The van der Waals surface area contributed by atoms with E-state index in [-0.39, 0.29) is 19.3 Å². The Morgan fingerprint density at radius 3 is 2.16 bits per heavy atom. The zero-order valence-corrected chi connectivity index (χ0v) is 20.7. The van der Waals surface area contributed by atoms with E-state index in [0.717, 1.165) is 5.56 Å². The molecule has 0 fully saturated rings. The van der Waals surface area contributed by atoms with E-state index in [2.05, 4.69) is 25.9 Å². The van der Waals surface area contributed by atoms with Gasteiger partial charge in [-0.05, 0) is 25.3 Å². The van der Waals surface area contributed by atoms with Crippen molar-refractivity contribution in [3.8, 4) is 0 Å². The quantitative estimate of drug-likeness (QED) is 0.129.